The molecule has 16 rings (SSSR count). The molecular formula is C80H54Cl4F10N24O8S2. The van der Waals surface area contributed by atoms with Gasteiger partial charge in [-0.25, -0.2) is 77.4 Å². The van der Waals surface area contributed by atoms with Crippen LogP contribution in [0.5, 0.6) is 23.5 Å². The molecule has 0 fully saturated rings. The van der Waals surface area contributed by atoms with Gasteiger partial charge in [-0.15, -0.1) is 0 Å². The second kappa shape index (κ2) is 38.9. The van der Waals surface area contributed by atoms with E-state index in [9.17, 15) is 63.1 Å². The summed E-state index contributed by atoms with van der Waals surface area (Å²) in [5.74, 6) is -10.4. The van der Waals surface area contributed by atoms with Gasteiger partial charge in [0.25, 0.3) is 44.9 Å². The van der Waals surface area contributed by atoms with Gasteiger partial charge < -0.3 is 40.2 Å². The summed E-state index contributed by atoms with van der Waals surface area (Å²) in [5.41, 5.74) is 3.13. The number of alkyl halides is 12. The number of amides is 4. The fourth-order valence-electron chi connectivity index (χ4n) is 11.4. The van der Waals surface area contributed by atoms with Crippen LogP contribution < -0.4 is 40.2 Å². The number of aryl methyl sites for hydroxylation is 2. The molecule has 48 heteroatoms. The third-order valence-electron chi connectivity index (χ3n) is 17.5. The first kappa shape index (κ1) is 91.1. The van der Waals surface area contributed by atoms with E-state index in [1.54, 1.807) is 136 Å². The van der Waals surface area contributed by atoms with E-state index in [2.05, 4.69) is 101 Å². The van der Waals surface area contributed by atoms with E-state index in [0.717, 1.165) is 88.7 Å². The highest BCUT2D eigenvalue weighted by Gasteiger charge is 2.36. The zero-order chi connectivity index (χ0) is 91.5. The summed E-state index contributed by atoms with van der Waals surface area (Å²) in [4.78, 5) is 114. The van der Waals surface area contributed by atoms with E-state index in [1.807, 2.05) is 17.6 Å². The van der Waals surface area contributed by atoms with Gasteiger partial charge in [-0.05, 0) is 97.9 Å². The van der Waals surface area contributed by atoms with Gasteiger partial charge in [0.15, 0.2) is 22.6 Å². The number of rotatable bonds is 18. The third-order valence-corrected chi connectivity index (χ3v) is 19.2. The van der Waals surface area contributed by atoms with Crippen LogP contribution in [0.25, 0.3) is 67.6 Å². The molecule has 32 nitrogen and oxygen atoms in total. The van der Waals surface area contributed by atoms with Crippen molar-refractivity contribution in [2.45, 2.75) is 63.0 Å². The number of ether oxygens (including phenoxy) is 4. The molecule has 4 N–H and O–H groups in total. The van der Waals surface area contributed by atoms with E-state index >= 15 is 0 Å². The van der Waals surface area contributed by atoms with Crippen LogP contribution in [0.3, 0.4) is 0 Å². The number of hydrogen-bond acceptors (Lipinski definition) is 26. The maximum atomic E-state index is 13.7. The van der Waals surface area contributed by atoms with Crippen LogP contribution in [-0.4, -0.2) is 142 Å². The average molecular weight is 1880 g/mol. The number of carbonyl (C=O) groups excluding carboxylic acids is 4. The summed E-state index contributed by atoms with van der Waals surface area (Å²) in [6.07, 6.45) is 27.6. The minimum absolute atomic E-state index is 0.0273. The first-order chi connectivity index (χ1) is 60.9. The molecule has 0 aliphatic rings. The molecule has 0 radical (unpaired) electrons. The summed E-state index contributed by atoms with van der Waals surface area (Å²) in [6.45, 7) is 4.24. The number of fused-ring (bicyclic) bond motifs is 4. The summed E-state index contributed by atoms with van der Waals surface area (Å²) >= 11 is 33.1. The number of nitrogens with one attached hydrogen (secondary N) is 4. The first-order valence-electron chi connectivity index (χ1n) is 36.3. The number of thiocarbonyl (C=S) groups is 2. The maximum absolute atomic E-state index is 13.7. The van der Waals surface area contributed by atoms with Gasteiger partial charge in [0.1, 0.15) is 23.3 Å². The standard InChI is InChI=1S/C21H16F2N6O2S.C20H14ClF3N6O2.C20H13ClF2N6O2S.C19H11Cl2F3N6O2/c1-12-8-25-16(7-14(12)21(2,22)23)28-19(30)20(32)31-18-4-3-13(9-27-18)15-10-26-17-11-24-5-6-29(15)17;1-11-7-26-15(6-13(11)20(22,23)24)29-19(31)18(21)32-17-3-2-12(8-28-17)14-9-27-16-10-25-4-5-30(14)16;1-20(22,23)12-6-15(25-8-13(12)21)28-18(30)19(32)31-17-3-2-11(7-27-17)14-9-26-16-10-24-4-5-29(14)16;20-12-7-26-14(5-11(12)19(22,23)24)29-18(31)17(21)32-16-2-1-10(6-28-16)13-8-27-15-9-25-3-4-30(13)15/h3-11H,1-2H3,(H,25,28,30);2-10,18H,1H3,(H,26,29,31);2-10H,1H3,(H,25,28,30);1-9,17H,(H,26,29,31). The minimum Gasteiger partial charge on any atom is -0.448 e. The molecule has 0 bridgehead atoms. The van der Waals surface area contributed by atoms with Gasteiger partial charge in [0.05, 0.1) is 93.5 Å². The van der Waals surface area contributed by atoms with E-state index < -0.39 is 90.8 Å². The average Bonchev–Trinajstić information content (AvgIpc) is 1.74. The first-order valence-corrected chi connectivity index (χ1v) is 38.7. The smallest absolute Gasteiger partial charge is 0.418 e. The number of aromatic nitrogens is 20. The molecule has 0 aliphatic heterocycles. The molecule has 2 unspecified atom stereocenters. The van der Waals surface area contributed by atoms with E-state index in [0.29, 0.717) is 41.1 Å². The zero-order valence-corrected chi connectivity index (χ0v) is 69.9. The van der Waals surface area contributed by atoms with E-state index in [4.69, 9.17) is 89.8 Å². The molecule has 652 valence electrons. The highest BCUT2D eigenvalue weighted by molar-refractivity contribution is 7.82. The van der Waals surface area contributed by atoms with Crippen molar-refractivity contribution in [3.63, 3.8) is 0 Å². The highest BCUT2D eigenvalue weighted by Crippen LogP contribution is 2.39. The Kier molecular flexibility index (Phi) is 27.7. The van der Waals surface area contributed by atoms with Crippen LogP contribution in [0.2, 0.25) is 10.0 Å². The predicted molar refractivity (Wildman–Crippen MR) is 452 cm³/mol. The van der Waals surface area contributed by atoms with Crippen LogP contribution in [0.4, 0.5) is 67.2 Å². The Hall–Kier alpha value is -14.6. The monoisotopic (exact) mass is 1870 g/mol. The Morgan fingerprint density at radius 2 is 0.648 bits per heavy atom. The van der Waals surface area contributed by atoms with Crippen LogP contribution in [0, 0.1) is 13.8 Å². The van der Waals surface area contributed by atoms with Crippen molar-refractivity contribution in [2.75, 3.05) is 21.3 Å². The highest BCUT2D eigenvalue weighted by atomic mass is 35.5. The number of anilines is 4. The fraction of sp³-hybridized carbons (Fsp3) is 0.125. The summed E-state index contributed by atoms with van der Waals surface area (Å²) in [7, 11) is 0. The van der Waals surface area contributed by atoms with Crippen molar-refractivity contribution in [1.82, 2.24) is 97.3 Å². The van der Waals surface area contributed by atoms with Crippen LogP contribution >= 0.6 is 70.8 Å². The van der Waals surface area contributed by atoms with Crippen molar-refractivity contribution >= 4 is 150 Å². The molecule has 16 aromatic heterocycles. The molecule has 4 amide bonds. The minimum atomic E-state index is -4.71. The number of carbonyl (C=O) groups is 4. The second-order valence-corrected chi connectivity index (χ2v) is 28.9. The molecule has 0 aromatic carbocycles. The van der Waals surface area contributed by atoms with Gasteiger partial charge >= 0.3 is 24.2 Å². The van der Waals surface area contributed by atoms with Crippen LogP contribution in [0.15, 0.2) is 222 Å². The number of imidazole rings is 4. The van der Waals surface area contributed by atoms with Crippen molar-refractivity contribution in [1.29, 1.82) is 0 Å². The van der Waals surface area contributed by atoms with Crippen molar-refractivity contribution < 1.29 is 82.0 Å². The second-order valence-electron chi connectivity index (χ2n) is 26.5. The Morgan fingerprint density at radius 1 is 0.359 bits per heavy atom. The summed E-state index contributed by atoms with van der Waals surface area (Å²) < 4.78 is 161. The quantitative estimate of drug-likeness (QED) is 0.0352. The third kappa shape index (κ3) is 22.5. The summed E-state index contributed by atoms with van der Waals surface area (Å²) in [5, 5.41) is 7.30. The number of nitrogens with zero attached hydrogens (tertiary/aromatic N) is 20. The lowest BCUT2D eigenvalue weighted by molar-refractivity contribution is -0.138. The maximum Gasteiger partial charge on any atom is 0.418 e. The molecule has 0 spiro atoms. The van der Waals surface area contributed by atoms with Crippen molar-refractivity contribution in [3.05, 3.63) is 265 Å². The number of pyridine rings is 8. The van der Waals surface area contributed by atoms with Gasteiger partial charge in [-0.2, -0.15) is 26.3 Å². The number of halogens is 14. The Balaban J connectivity index is 0.000000146. The lowest BCUT2D eigenvalue weighted by atomic mass is 10.1. The van der Waals surface area contributed by atoms with Crippen LogP contribution in [-0.2, 0) is 43.4 Å². The normalized spacial score (nSPS) is 12.0. The topological polar surface area (TPSA) is 377 Å². The Bertz CT molecular complexity index is 6420. The van der Waals surface area contributed by atoms with E-state index in [-0.39, 0.29) is 62.9 Å². The Labute approximate surface area is 743 Å². The molecule has 16 aromatic rings. The summed E-state index contributed by atoms with van der Waals surface area (Å²) in [6, 6.07) is 16.3. The van der Waals surface area contributed by atoms with Crippen LogP contribution in [0.1, 0.15) is 47.2 Å². The van der Waals surface area contributed by atoms with Gasteiger partial charge in [0, 0.05) is 171 Å². The zero-order valence-electron chi connectivity index (χ0n) is 65.3. The van der Waals surface area contributed by atoms with Crippen molar-refractivity contribution in [2.24, 2.45) is 0 Å². The van der Waals surface area contributed by atoms with Crippen molar-refractivity contribution in [3.8, 4) is 68.5 Å². The molecular weight excluding hydrogens is 1820 g/mol. The van der Waals surface area contributed by atoms with Gasteiger partial charge in [-0.1, -0.05) is 46.4 Å². The lowest BCUT2D eigenvalue weighted by Crippen LogP contribution is -2.29. The molecule has 16 heterocycles. The molecule has 0 saturated carbocycles. The fourth-order valence-corrected chi connectivity index (χ4v) is 12.5. The van der Waals surface area contributed by atoms with Gasteiger partial charge in [-0.3, -0.25) is 56.7 Å². The number of hydrogen-bond donors (Lipinski definition) is 4. The predicted octanol–water partition coefficient (Wildman–Crippen LogP) is 16.8. The molecule has 0 aliphatic carbocycles. The lowest BCUT2D eigenvalue weighted by Gasteiger charge is -2.15. The Morgan fingerprint density at radius 3 is 0.969 bits per heavy atom. The molecule has 0 saturated heterocycles. The SMILES string of the molecule is CC(F)(F)c1cc(NC(=O)C(=S)Oc2ccc(-c3cnc4cnccn34)cn2)ncc1Cl.Cc1cnc(NC(=O)C(=S)Oc2ccc(-c3cnc4cnccn34)cn2)cc1C(C)(F)F.Cc1cnc(NC(=O)C(Cl)Oc2ccc(-c3cnc4cnccn34)cn2)cc1C(F)(F)F.O=C(Nc1cc(C(F)(F)F)c(Cl)cn1)C(Cl)Oc1ccc(-c2cnc3cnccn23)cn1. The molecule has 128 heavy (non-hydrogen) atoms. The van der Waals surface area contributed by atoms with E-state index in [1.165, 1.54) is 56.8 Å². The van der Waals surface area contributed by atoms with Gasteiger partial charge in [0.2, 0.25) is 23.5 Å². The molecule has 2 atom stereocenters. The largest absolute Gasteiger partial charge is 0.448 e.